The van der Waals surface area contributed by atoms with Crippen LogP contribution in [0.4, 0.5) is 5.69 Å². The molecule has 1 aromatic heterocycles. The Hall–Kier alpha value is -2.63. The van der Waals surface area contributed by atoms with Crippen molar-refractivity contribution in [1.29, 1.82) is 0 Å². The lowest BCUT2D eigenvalue weighted by Gasteiger charge is -2.34. The van der Waals surface area contributed by atoms with Gasteiger partial charge in [-0.1, -0.05) is 6.92 Å². The zero-order chi connectivity index (χ0) is 26.0. The molecular weight excluding hydrogens is 482 g/mol. The number of aryl methyl sites for hydroxylation is 1. The minimum atomic E-state index is -3.88. The second-order valence-corrected chi connectivity index (χ2v) is 12.0. The van der Waals surface area contributed by atoms with E-state index in [0.717, 1.165) is 12.5 Å². The molecule has 1 amide bonds. The maximum Gasteiger partial charge on any atom is 0.280 e. The van der Waals surface area contributed by atoms with Crippen molar-refractivity contribution in [3.63, 3.8) is 0 Å². The third-order valence-electron chi connectivity index (χ3n) is 6.88. The fraction of sp³-hybridized carbons (Fsp3) is 0.600. The van der Waals surface area contributed by atoms with E-state index in [1.54, 1.807) is 34.7 Å². The molecule has 36 heavy (non-hydrogen) atoms. The fourth-order valence-corrected chi connectivity index (χ4v) is 5.60. The lowest BCUT2D eigenvalue weighted by Crippen LogP contribution is -2.47. The average molecular weight is 520 g/mol. The second kappa shape index (κ2) is 10.8. The van der Waals surface area contributed by atoms with Gasteiger partial charge in [-0.2, -0.15) is 8.42 Å². The van der Waals surface area contributed by atoms with E-state index >= 15 is 0 Å². The number of nitrogens with one attached hydrogen (secondary N) is 1. The Kier molecular flexibility index (Phi) is 7.91. The van der Waals surface area contributed by atoms with E-state index in [1.807, 2.05) is 6.92 Å². The van der Waals surface area contributed by atoms with E-state index in [4.69, 9.17) is 4.74 Å². The molecule has 0 radical (unpaired) electrons. The Labute approximate surface area is 213 Å². The third kappa shape index (κ3) is 6.37. The first-order chi connectivity index (χ1) is 17.1. The molecule has 11 heteroatoms. The summed E-state index contributed by atoms with van der Waals surface area (Å²) in [7, 11) is -0.0928. The molecular formula is C25H37N5O5S. The monoisotopic (exact) mass is 519 g/mol. The highest BCUT2D eigenvalue weighted by Crippen LogP contribution is 2.32. The minimum Gasteiger partial charge on any atom is -0.488 e. The summed E-state index contributed by atoms with van der Waals surface area (Å²) in [5, 5.41) is 9.71. The van der Waals surface area contributed by atoms with Gasteiger partial charge in [0.2, 0.25) is 5.91 Å². The number of ether oxygens (including phenoxy) is 1. The highest BCUT2D eigenvalue weighted by molar-refractivity contribution is 7.92. The van der Waals surface area contributed by atoms with Gasteiger partial charge < -0.3 is 24.2 Å². The van der Waals surface area contributed by atoms with E-state index in [-0.39, 0.29) is 42.0 Å². The van der Waals surface area contributed by atoms with Crippen LogP contribution in [0.5, 0.6) is 5.75 Å². The summed E-state index contributed by atoms with van der Waals surface area (Å²) in [6.45, 7) is 5.96. The number of aliphatic hydroxyl groups is 1. The molecule has 1 aliphatic carbocycles. The lowest BCUT2D eigenvalue weighted by molar-refractivity contribution is -0.134. The molecule has 1 saturated carbocycles. The Morgan fingerprint density at radius 1 is 1.31 bits per heavy atom. The normalized spacial score (nSPS) is 21.8. The smallest absolute Gasteiger partial charge is 0.280 e. The number of carbonyl (C=O) groups is 1. The van der Waals surface area contributed by atoms with Crippen molar-refractivity contribution >= 4 is 21.6 Å². The van der Waals surface area contributed by atoms with Crippen molar-refractivity contribution in [3.05, 3.63) is 36.3 Å². The molecule has 0 saturated heterocycles. The molecule has 3 atom stereocenters. The van der Waals surface area contributed by atoms with Crippen molar-refractivity contribution < 1.29 is 23.1 Å². The van der Waals surface area contributed by atoms with Crippen molar-refractivity contribution in [3.8, 4) is 5.75 Å². The Morgan fingerprint density at radius 2 is 2.06 bits per heavy atom. The number of anilines is 1. The molecule has 0 unspecified atom stereocenters. The van der Waals surface area contributed by atoms with Crippen LogP contribution < -0.4 is 9.46 Å². The maximum absolute atomic E-state index is 13.3. The summed E-state index contributed by atoms with van der Waals surface area (Å²) in [6.07, 6.45) is 5.23. The third-order valence-corrected chi connectivity index (χ3v) is 8.15. The molecule has 0 spiro atoms. The highest BCUT2D eigenvalue weighted by atomic mass is 32.2. The minimum absolute atomic E-state index is 0.0258. The molecule has 0 bridgehead atoms. The van der Waals surface area contributed by atoms with Gasteiger partial charge in [-0.05, 0) is 50.9 Å². The number of sulfonamides is 1. The van der Waals surface area contributed by atoms with Crippen molar-refractivity contribution in [1.82, 2.24) is 19.4 Å². The van der Waals surface area contributed by atoms with Crippen LogP contribution in [0.25, 0.3) is 0 Å². The van der Waals surface area contributed by atoms with Crippen LogP contribution in [0.2, 0.25) is 0 Å². The standard InChI is InChI=1S/C25H37N5O5S/c1-17-11-30(18(2)15-31)25(32)10-20-9-21(27-36(33,34)24-14-29(4)16-26-24)7-8-22(20)35-23(17)13-28(3)12-19-5-6-19/h7-9,14,16-19,23,27,31H,5-6,10-13,15H2,1-4H3/t17-,18+,23+/m1/s1. The first kappa shape index (κ1) is 26.4. The quantitative estimate of drug-likeness (QED) is 0.518. The number of fused-ring (bicyclic) bond motifs is 1. The number of benzene rings is 1. The average Bonchev–Trinajstić information content (AvgIpc) is 3.51. The Balaban J connectivity index is 1.63. The summed E-state index contributed by atoms with van der Waals surface area (Å²) in [5.41, 5.74) is 0.924. The number of amides is 1. The molecule has 2 aromatic rings. The predicted molar refractivity (Wildman–Crippen MR) is 136 cm³/mol. The summed E-state index contributed by atoms with van der Waals surface area (Å²) in [5.74, 6) is 1.21. The number of carbonyl (C=O) groups excluding carboxylic acids is 1. The van der Waals surface area contributed by atoms with E-state index in [2.05, 4.69) is 28.6 Å². The van der Waals surface area contributed by atoms with E-state index in [9.17, 15) is 18.3 Å². The highest BCUT2D eigenvalue weighted by Gasteiger charge is 2.32. The van der Waals surface area contributed by atoms with Crippen LogP contribution in [0, 0.1) is 11.8 Å². The van der Waals surface area contributed by atoms with Gasteiger partial charge in [0, 0.05) is 50.0 Å². The van der Waals surface area contributed by atoms with Gasteiger partial charge in [-0.25, -0.2) is 4.98 Å². The van der Waals surface area contributed by atoms with Crippen molar-refractivity contribution in [2.45, 2.75) is 50.3 Å². The predicted octanol–water partition coefficient (Wildman–Crippen LogP) is 1.71. The number of aliphatic hydroxyl groups excluding tert-OH is 1. The number of rotatable bonds is 9. The summed E-state index contributed by atoms with van der Waals surface area (Å²) in [4.78, 5) is 21.3. The summed E-state index contributed by atoms with van der Waals surface area (Å²) < 4.78 is 36.2. The van der Waals surface area contributed by atoms with Gasteiger partial charge in [-0.3, -0.25) is 9.52 Å². The molecule has 2 heterocycles. The molecule has 1 aromatic carbocycles. The van der Waals surface area contributed by atoms with Gasteiger partial charge in [0.25, 0.3) is 10.0 Å². The van der Waals surface area contributed by atoms with Crippen LogP contribution in [-0.2, 0) is 28.3 Å². The van der Waals surface area contributed by atoms with Gasteiger partial charge in [0.1, 0.15) is 11.9 Å². The van der Waals surface area contributed by atoms with Gasteiger partial charge in [-0.15, -0.1) is 0 Å². The number of hydrogen-bond acceptors (Lipinski definition) is 7. The Morgan fingerprint density at radius 3 is 2.69 bits per heavy atom. The topological polar surface area (TPSA) is 117 Å². The van der Waals surface area contributed by atoms with Crippen LogP contribution in [0.3, 0.4) is 0 Å². The number of aromatic nitrogens is 2. The van der Waals surface area contributed by atoms with E-state index in [1.165, 1.54) is 25.4 Å². The lowest BCUT2D eigenvalue weighted by atomic mass is 10.0. The van der Waals surface area contributed by atoms with Crippen LogP contribution in [0.1, 0.15) is 32.3 Å². The fourth-order valence-electron chi connectivity index (χ4n) is 4.57. The van der Waals surface area contributed by atoms with Crippen LogP contribution in [-0.4, -0.2) is 84.2 Å². The summed E-state index contributed by atoms with van der Waals surface area (Å²) >= 11 is 0. The second-order valence-electron chi connectivity index (χ2n) is 10.4. The van der Waals surface area contributed by atoms with Crippen LogP contribution >= 0.6 is 0 Å². The number of imidazole rings is 1. The largest absolute Gasteiger partial charge is 0.488 e. The first-order valence-corrected chi connectivity index (χ1v) is 13.9. The maximum atomic E-state index is 13.3. The number of hydrogen-bond donors (Lipinski definition) is 2. The molecule has 1 fully saturated rings. The molecule has 2 N–H and O–H groups in total. The SMILES string of the molecule is C[C@@H]1CN([C@@H](C)CO)C(=O)Cc2cc(NS(=O)(=O)c3cn(C)cn3)ccc2O[C@H]1CN(C)CC1CC1. The number of nitrogens with zero attached hydrogens (tertiary/aromatic N) is 4. The van der Waals surface area contributed by atoms with Crippen LogP contribution in [0.15, 0.2) is 35.7 Å². The zero-order valence-electron chi connectivity index (χ0n) is 21.4. The molecule has 198 valence electrons. The number of likely N-dealkylation sites (N-methyl/N-ethyl adjacent to an activating group) is 1. The molecule has 2 aliphatic rings. The van der Waals surface area contributed by atoms with Gasteiger partial charge in [0.15, 0.2) is 5.03 Å². The van der Waals surface area contributed by atoms with Gasteiger partial charge >= 0.3 is 0 Å². The van der Waals surface area contributed by atoms with Crippen molar-refractivity contribution in [2.75, 3.05) is 38.0 Å². The molecule has 10 nitrogen and oxygen atoms in total. The zero-order valence-corrected chi connectivity index (χ0v) is 22.2. The Bertz CT molecular complexity index is 1180. The van der Waals surface area contributed by atoms with E-state index in [0.29, 0.717) is 30.1 Å². The van der Waals surface area contributed by atoms with Gasteiger partial charge in [0.05, 0.1) is 25.4 Å². The first-order valence-electron chi connectivity index (χ1n) is 12.4. The summed E-state index contributed by atoms with van der Waals surface area (Å²) in [6, 6.07) is 4.68. The van der Waals surface area contributed by atoms with E-state index < -0.39 is 10.0 Å². The molecule has 1 aliphatic heterocycles. The molecule has 4 rings (SSSR count). The van der Waals surface area contributed by atoms with Crippen molar-refractivity contribution in [2.24, 2.45) is 18.9 Å².